The Bertz CT molecular complexity index is 489. The summed E-state index contributed by atoms with van der Waals surface area (Å²) in [6, 6.07) is 2.31. The van der Waals surface area contributed by atoms with Gasteiger partial charge >= 0.3 is 0 Å². The van der Waals surface area contributed by atoms with Crippen LogP contribution in [0.25, 0.3) is 0 Å². The molecule has 7 heteroatoms. The van der Waals surface area contributed by atoms with Crippen LogP contribution in [0.5, 0.6) is 0 Å². The van der Waals surface area contributed by atoms with E-state index in [1.165, 1.54) is 0 Å². The van der Waals surface area contributed by atoms with Crippen molar-refractivity contribution < 1.29 is 23.5 Å². The lowest BCUT2D eigenvalue weighted by Gasteiger charge is -2.13. The lowest BCUT2D eigenvalue weighted by atomic mass is 10.2. The first-order valence-electron chi connectivity index (χ1n) is 6.57. The van der Waals surface area contributed by atoms with Crippen LogP contribution in [0.1, 0.15) is 30.1 Å². The average Bonchev–Trinajstić information content (AvgIpc) is 2.41. The Morgan fingerprint density at radius 1 is 1.24 bits per heavy atom. The lowest BCUT2D eigenvalue weighted by Crippen LogP contribution is -2.41. The molecule has 1 unspecified atom stereocenters. The van der Waals surface area contributed by atoms with Gasteiger partial charge in [0, 0.05) is 24.3 Å². The van der Waals surface area contributed by atoms with Crippen LogP contribution >= 0.6 is 0 Å². The van der Waals surface area contributed by atoms with Crippen LogP contribution < -0.4 is 10.6 Å². The van der Waals surface area contributed by atoms with Gasteiger partial charge < -0.3 is 15.7 Å². The zero-order chi connectivity index (χ0) is 15.8. The second-order valence-electron chi connectivity index (χ2n) is 4.68. The van der Waals surface area contributed by atoms with E-state index >= 15 is 0 Å². The minimum absolute atomic E-state index is 0.0437. The molecule has 0 spiro atoms. The third-order valence-corrected chi connectivity index (χ3v) is 2.74. The van der Waals surface area contributed by atoms with Crippen LogP contribution in [0.4, 0.5) is 8.78 Å². The SMILES string of the molecule is CC(CCCO)NC(=O)CNC(=O)c1cc(F)cc(F)c1. The summed E-state index contributed by atoms with van der Waals surface area (Å²) in [5, 5.41) is 13.6. The summed E-state index contributed by atoms with van der Waals surface area (Å²) in [4.78, 5) is 23.2. The molecule has 0 aromatic heterocycles. The molecule has 5 nitrogen and oxygen atoms in total. The highest BCUT2D eigenvalue weighted by molar-refractivity contribution is 5.96. The molecule has 0 heterocycles. The molecule has 0 radical (unpaired) electrons. The normalized spacial score (nSPS) is 11.8. The summed E-state index contributed by atoms with van der Waals surface area (Å²) in [5.74, 6) is -2.86. The second-order valence-corrected chi connectivity index (χ2v) is 4.68. The predicted octanol–water partition coefficient (Wildman–Crippen LogP) is 0.972. The summed E-state index contributed by atoms with van der Waals surface area (Å²) >= 11 is 0. The number of aliphatic hydroxyl groups is 1. The number of hydrogen-bond donors (Lipinski definition) is 3. The predicted molar refractivity (Wildman–Crippen MR) is 72.6 cm³/mol. The van der Waals surface area contributed by atoms with E-state index < -0.39 is 23.4 Å². The van der Waals surface area contributed by atoms with Crippen molar-refractivity contribution in [2.75, 3.05) is 13.2 Å². The Morgan fingerprint density at radius 3 is 2.43 bits per heavy atom. The van der Waals surface area contributed by atoms with Crippen molar-refractivity contribution in [1.82, 2.24) is 10.6 Å². The number of amides is 2. The number of carbonyl (C=O) groups is 2. The Kier molecular flexibility index (Phi) is 6.74. The molecular formula is C14H18F2N2O3. The van der Waals surface area contributed by atoms with E-state index in [4.69, 9.17) is 5.11 Å². The first kappa shape index (κ1) is 17.0. The van der Waals surface area contributed by atoms with Crippen LogP contribution in [-0.2, 0) is 4.79 Å². The summed E-state index contributed by atoms with van der Waals surface area (Å²) in [7, 11) is 0. The quantitative estimate of drug-likeness (QED) is 0.702. The second kappa shape index (κ2) is 8.31. The maximum atomic E-state index is 13.0. The van der Waals surface area contributed by atoms with E-state index in [0.717, 1.165) is 12.1 Å². The number of carbonyl (C=O) groups excluding carboxylic acids is 2. The number of hydrogen-bond acceptors (Lipinski definition) is 3. The Balaban J connectivity index is 2.43. The van der Waals surface area contributed by atoms with Crippen LogP contribution in [0, 0.1) is 11.6 Å². The molecule has 0 aliphatic heterocycles. The minimum atomic E-state index is -0.859. The van der Waals surface area contributed by atoms with Gasteiger partial charge in [0.25, 0.3) is 5.91 Å². The fourth-order valence-corrected chi connectivity index (χ4v) is 1.74. The van der Waals surface area contributed by atoms with Gasteiger partial charge in [0.1, 0.15) is 11.6 Å². The molecule has 0 aliphatic carbocycles. The number of rotatable bonds is 7. The molecule has 0 saturated heterocycles. The molecule has 3 N–H and O–H groups in total. The van der Waals surface area contributed by atoms with E-state index in [1.54, 1.807) is 6.92 Å². The molecular weight excluding hydrogens is 282 g/mol. The van der Waals surface area contributed by atoms with Gasteiger partial charge in [-0.1, -0.05) is 0 Å². The Morgan fingerprint density at radius 2 is 1.86 bits per heavy atom. The van der Waals surface area contributed by atoms with Crippen LogP contribution in [0.3, 0.4) is 0 Å². The molecule has 1 atom stereocenters. The van der Waals surface area contributed by atoms with Crippen molar-refractivity contribution >= 4 is 11.8 Å². The summed E-state index contributed by atoms with van der Waals surface area (Å²) in [6.45, 7) is 1.53. The first-order chi connectivity index (χ1) is 9.92. The van der Waals surface area contributed by atoms with Crippen molar-refractivity contribution in [3.05, 3.63) is 35.4 Å². The average molecular weight is 300 g/mol. The maximum absolute atomic E-state index is 13.0. The van der Waals surface area contributed by atoms with Gasteiger partial charge in [0.15, 0.2) is 0 Å². The monoisotopic (exact) mass is 300 g/mol. The van der Waals surface area contributed by atoms with Gasteiger partial charge in [0.2, 0.25) is 5.91 Å². The highest BCUT2D eigenvalue weighted by atomic mass is 19.1. The largest absolute Gasteiger partial charge is 0.396 e. The van der Waals surface area contributed by atoms with Crippen LogP contribution in [0.15, 0.2) is 18.2 Å². The van der Waals surface area contributed by atoms with E-state index in [2.05, 4.69) is 10.6 Å². The third-order valence-electron chi connectivity index (χ3n) is 2.74. The highest BCUT2D eigenvalue weighted by Crippen LogP contribution is 2.07. The van der Waals surface area contributed by atoms with E-state index in [0.29, 0.717) is 18.9 Å². The number of benzene rings is 1. The zero-order valence-electron chi connectivity index (χ0n) is 11.7. The summed E-state index contributed by atoms with van der Waals surface area (Å²) in [5.41, 5.74) is -0.186. The van der Waals surface area contributed by atoms with Crippen LogP contribution in [-0.4, -0.2) is 36.1 Å². The number of halogens is 2. The summed E-state index contributed by atoms with van der Waals surface area (Å²) in [6.07, 6.45) is 1.18. The van der Waals surface area contributed by atoms with E-state index in [1.807, 2.05) is 0 Å². The fourth-order valence-electron chi connectivity index (χ4n) is 1.74. The Labute approximate surface area is 121 Å². The van der Waals surface area contributed by atoms with Gasteiger partial charge in [-0.15, -0.1) is 0 Å². The topological polar surface area (TPSA) is 78.4 Å². The maximum Gasteiger partial charge on any atom is 0.251 e. The molecule has 0 fully saturated rings. The molecule has 1 aromatic rings. The lowest BCUT2D eigenvalue weighted by molar-refractivity contribution is -0.120. The van der Waals surface area contributed by atoms with Crippen molar-refractivity contribution in [2.24, 2.45) is 0 Å². The molecule has 116 valence electrons. The molecule has 1 aromatic carbocycles. The molecule has 21 heavy (non-hydrogen) atoms. The highest BCUT2D eigenvalue weighted by Gasteiger charge is 2.12. The fraction of sp³-hybridized carbons (Fsp3) is 0.429. The molecule has 0 saturated carbocycles. The van der Waals surface area contributed by atoms with Gasteiger partial charge in [0.05, 0.1) is 6.54 Å². The molecule has 1 rings (SSSR count). The third kappa shape index (κ3) is 6.31. The first-order valence-corrected chi connectivity index (χ1v) is 6.57. The van der Waals surface area contributed by atoms with Gasteiger partial charge in [-0.3, -0.25) is 9.59 Å². The van der Waals surface area contributed by atoms with Crippen molar-refractivity contribution in [1.29, 1.82) is 0 Å². The van der Waals surface area contributed by atoms with Gasteiger partial charge in [-0.05, 0) is 31.9 Å². The van der Waals surface area contributed by atoms with Gasteiger partial charge in [-0.2, -0.15) is 0 Å². The zero-order valence-corrected chi connectivity index (χ0v) is 11.7. The number of nitrogens with one attached hydrogen (secondary N) is 2. The molecule has 0 bridgehead atoms. The van der Waals surface area contributed by atoms with E-state index in [-0.39, 0.29) is 24.8 Å². The van der Waals surface area contributed by atoms with Crippen LogP contribution in [0.2, 0.25) is 0 Å². The smallest absolute Gasteiger partial charge is 0.251 e. The van der Waals surface area contributed by atoms with Crippen molar-refractivity contribution in [3.63, 3.8) is 0 Å². The molecule has 0 aliphatic rings. The van der Waals surface area contributed by atoms with E-state index in [9.17, 15) is 18.4 Å². The Hall–Kier alpha value is -2.02. The van der Waals surface area contributed by atoms with Gasteiger partial charge in [-0.25, -0.2) is 8.78 Å². The van der Waals surface area contributed by atoms with Crippen molar-refractivity contribution in [2.45, 2.75) is 25.8 Å². The minimum Gasteiger partial charge on any atom is -0.396 e. The number of aliphatic hydroxyl groups excluding tert-OH is 1. The van der Waals surface area contributed by atoms with Crippen molar-refractivity contribution in [3.8, 4) is 0 Å². The molecule has 2 amide bonds. The summed E-state index contributed by atoms with van der Waals surface area (Å²) < 4.78 is 25.9. The standard InChI is InChI=1S/C14H18F2N2O3/c1-9(3-2-4-19)18-13(20)8-17-14(21)10-5-11(15)7-12(16)6-10/h5-7,9,19H,2-4,8H2,1H3,(H,17,21)(H,18,20).